The molecular formula is C10H16N4OS. The molecule has 0 spiro atoms. The van der Waals surface area contributed by atoms with E-state index in [0.29, 0.717) is 13.1 Å². The molecule has 1 saturated heterocycles. The van der Waals surface area contributed by atoms with E-state index >= 15 is 0 Å². The van der Waals surface area contributed by atoms with Gasteiger partial charge in [0.1, 0.15) is 6.04 Å². The number of amides is 1. The molecule has 6 heteroatoms. The first-order valence-corrected chi connectivity index (χ1v) is 6.27. The molecule has 88 valence electrons. The second-order valence-electron chi connectivity index (χ2n) is 3.72. The van der Waals surface area contributed by atoms with Crippen molar-refractivity contribution in [2.24, 2.45) is 5.73 Å². The van der Waals surface area contributed by atoms with E-state index < -0.39 is 0 Å². The number of carbonyl (C=O) groups is 1. The van der Waals surface area contributed by atoms with Gasteiger partial charge < -0.3 is 16.0 Å². The summed E-state index contributed by atoms with van der Waals surface area (Å²) in [5, 5.41) is 3.78. The molecule has 16 heavy (non-hydrogen) atoms. The monoisotopic (exact) mass is 240 g/mol. The van der Waals surface area contributed by atoms with Crippen LogP contribution in [0.5, 0.6) is 0 Å². The van der Waals surface area contributed by atoms with Crippen molar-refractivity contribution in [3.63, 3.8) is 0 Å². The lowest BCUT2D eigenvalue weighted by Crippen LogP contribution is -2.55. The highest BCUT2D eigenvalue weighted by molar-refractivity contribution is 7.15. The summed E-state index contributed by atoms with van der Waals surface area (Å²) in [7, 11) is 0. The van der Waals surface area contributed by atoms with Gasteiger partial charge in [0.25, 0.3) is 0 Å². The number of rotatable bonds is 3. The Morgan fingerprint density at radius 1 is 1.75 bits per heavy atom. The van der Waals surface area contributed by atoms with Crippen LogP contribution < -0.4 is 16.0 Å². The molecule has 0 bridgehead atoms. The molecule has 1 aromatic rings. The van der Waals surface area contributed by atoms with Crippen molar-refractivity contribution in [1.29, 1.82) is 0 Å². The third-order valence-electron chi connectivity index (χ3n) is 2.71. The van der Waals surface area contributed by atoms with Crippen LogP contribution in [-0.4, -0.2) is 30.0 Å². The predicted octanol–water partition coefficient (Wildman–Crippen LogP) is 0.317. The van der Waals surface area contributed by atoms with Gasteiger partial charge in [0, 0.05) is 30.7 Å². The summed E-state index contributed by atoms with van der Waals surface area (Å²) >= 11 is 1.57. The maximum Gasteiger partial charge on any atom is 0.242 e. The SMILES string of the molecule is CCC1C(=O)NCCN1c1ncc(CN)s1. The van der Waals surface area contributed by atoms with Crippen LogP contribution in [0.1, 0.15) is 18.2 Å². The summed E-state index contributed by atoms with van der Waals surface area (Å²) in [6, 6.07) is -0.0921. The van der Waals surface area contributed by atoms with E-state index in [4.69, 9.17) is 5.73 Å². The Labute approximate surface area is 98.7 Å². The summed E-state index contributed by atoms with van der Waals surface area (Å²) in [5.74, 6) is 0.0956. The summed E-state index contributed by atoms with van der Waals surface area (Å²) in [5.41, 5.74) is 5.56. The number of hydrogen-bond donors (Lipinski definition) is 2. The molecule has 3 N–H and O–H groups in total. The molecule has 5 nitrogen and oxygen atoms in total. The second-order valence-corrected chi connectivity index (χ2v) is 4.82. The van der Waals surface area contributed by atoms with Gasteiger partial charge in [-0.3, -0.25) is 4.79 Å². The number of aromatic nitrogens is 1. The zero-order chi connectivity index (χ0) is 11.5. The van der Waals surface area contributed by atoms with E-state index in [0.717, 1.165) is 23.0 Å². The Morgan fingerprint density at radius 3 is 3.19 bits per heavy atom. The molecule has 1 aromatic heterocycles. The number of hydrogen-bond acceptors (Lipinski definition) is 5. The standard InChI is InChI=1S/C10H16N4OS/c1-2-8-9(15)12-3-4-14(8)10-13-6-7(5-11)16-10/h6,8H,2-5,11H2,1H3,(H,12,15). The van der Waals surface area contributed by atoms with E-state index in [1.54, 1.807) is 17.5 Å². The van der Waals surface area contributed by atoms with Crippen LogP contribution in [0, 0.1) is 0 Å². The number of nitrogens with two attached hydrogens (primary N) is 1. The third-order valence-corrected chi connectivity index (χ3v) is 3.76. The van der Waals surface area contributed by atoms with Gasteiger partial charge in [-0.05, 0) is 6.42 Å². The summed E-state index contributed by atoms with van der Waals surface area (Å²) in [4.78, 5) is 19.1. The fourth-order valence-electron chi connectivity index (χ4n) is 1.87. The number of nitrogens with one attached hydrogen (secondary N) is 1. The van der Waals surface area contributed by atoms with Crippen molar-refractivity contribution in [2.75, 3.05) is 18.0 Å². The van der Waals surface area contributed by atoms with Gasteiger partial charge in [0.2, 0.25) is 5.91 Å². The highest BCUT2D eigenvalue weighted by atomic mass is 32.1. The molecule has 0 aromatic carbocycles. The van der Waals surface area contributed by atoms with Gasteiger partial charge >= 0.3 is 0 Å². The molecule has 2 rings (SSSR count). The van der Waals surface area contributed by atoms with Crippen molar-refractivity contribution in [2.45, 2.75) is 25.9 Å². The highest BCUT2D eigenvalue weighted by Crippen LogP contribution is 2.25. The Hall–Kier alpha value is -1.14. The van der Waals surface area contributed by atoms with Gasteiger partial charge in [-0.15, -0.1) is 11.3 Å². The van der Waals surface area contributed by atoms with Gasteiger partial charge in [0.05, 0.1) is 0 Å². The normalized spacial score (nSPS) is 21.0. The quantitative estimate of drug-likeness (QED) is 0.798. The topological polar surface area (TPSA) is 71.2 Å². The summed E-state index contributed by atoms with van der Waals surface area (Å²) in [6.07, 6.45) is 2.59. The molecule has 0 radical (unpaired) electrons. The van der Waals surface area contributed by atoms with Gasteiger partial charge in [-0.2, -0.15) is 0 Å². The highest BCUT2D eigenvalue weighted by Gasteiger charge is 2.29. The first kappa shape index (κ1) is 11.3. The fourth-order valence-corrected chi connectivity index (χ4v) is 2.74. The molecule has 2 heterocycles. The minimum absolute atomic E-state index is 0.0921. The van der Waals surface area contributed by atoms with Crippen LogP contribution in [0.25, 0.3) is 0 Å². The molecule has 1 amide bonds. The van der Waals surface area contributed by atoms with E-state index in [9.17, 15) is 4.79 Å². The van der Waals surface area contributed by atoms with E-state index in [1.165, 1.54) is 0 Å². The smallest absolute Gasteiger partial charge is 0.242 e. The van der Waals surface area contributed by atoms with E-state index in [-0.39, 0.29) is 11.9 Å². The Bertz CT molecular complexity index is 379. The van der Waals surface area contributed by atoms with Gasteiger partial charge in [0.15, 0.2) is 5.13 Å². The van der Waals surface area contributed by atoms with Gasteiger partial charge in [-0.25, -0.2) is 4.98 Å². The van der Waals surface area contributed by atoms with Crippen molar-refractivity contribution < 1.29 is 4.79 Å². The van der Waals surface area contributed by atoms with Crippen molar-refractivity contribution in [3.8, 4) is 0 Å². The lowest BCUT2D eigenvalue weighted by molar-refractivity contribution is -0.123. The Morgan fingerprint density at radius 2 is 2.56 bits per heavy atom. The molecule has 1 aliphatic rings. The van der Waals surface area contributed by atoms with Gasteiger partial charge in [-0.1, -0.05) is 6.92 Å². The number of thiazole rings is 1. The van der Waals surface area contributed by atoms with E-state index in [1.807, 2.05) is 6.92 Å². The number of nitrogens with zero attached hydrogens (tertiary/aromatic N) is 2. The zero-order valence-electron chi connectivity index (χ0n) is 9.27. The summed E-state index contributed by atoms with van der Waals surface area (Å²) < 4.78 is 0. The summed E-state index contributed by atoms with van der Waals surface area (Å²) in [6.45, 7) is 4.03. The first-order chi connectivity index (χ1) is 7.76. The molecule has 0 aliphatic carbocycles. The predicted molar refractivity (Wildman–Crippen MR) is 64.4 cm³/mol. The Balaban J connectivity index is 2.20. The molecule has 1 aliphatic heterocycles. The van der Waals surface area contributed by atoms with E-state index in [2.05, 4.69) is 15.2 Å². The zero-order valence-corrected chi connectivity index (χ0v) is 10.1. The van der Waals surface area contributed by atoms with Crippen molar-refractivity contribution in [1.82, 2.24) is 10.3 Å². The minimum Gasteiger partial charge on any atom is -0.353 e. The average Bonchev–Trinajstić information content (AvgIpc) is 2.77. The van der Waals surface area contributed by atoms with Crippen LogP contribution in [0.4, 0.5) is 5.13 Å². The molecular weight excluding hydrogens is 224 g/mol. The van der Waals surface area contributed by atoms with Crippen LogP contribution in [0.3, 0.4) is 0 Å². The molecule has 0 saturated carbocycles. The molecule has 1 atom stereocenters. The van der Waals surface area contributed by atoms with Crippen LogP contribution >= 0.6 is 11.3 Å². The molecule has 1 unspecified atom stereocenters. The number of anilines is 1. The van der Waals surface area contributed by atoms with Crippen molar-refractivity contribution in [3.05, 3.63) is 11.1 Å². The second kappa shape index (κ2) is 4.80. The largest absolute Gasteiger partial charge is 0.353 e. The lowest BCUT2D eigenvalue weighted by Gasteiger charge is -2.34. The first-order valence-electron chi connectivity index (χ1n) is 5.45. The lowest BCUT2D eigenvalue weighted by atomic mass is 10.1. The van der Waals surface area contributed by atoms with Crippen LogP contribution in [0.15, 0.2) is 6.20 Å². The maximum atomic E-state index is 11.7. The average molecular weight is 240 g/mol. The fraction of sp³-hybridized carbons (Fsp3) is 0.600. The van der Waals surface area contributed by atoms with Crippen molar-refractivity contribution >= 4 is 22.4 Å². The maximum absolute atomic E-state index is 11.7. The Kier molecular flexibility index (Phi) is 3.40. The third kappa shape index (κ3) is 2.03. The van der Waals surface area contributed by atoms with Crippen LogP contribution in [-0.2, 0) is 11.3 Å². The number of carbonyl (C=O) groups excluding carboxylic acids is 1. The molecule has 1 fully saturated rings. The number of piperazine rings is 1. The van der Waals surface area contributed by atoms with Crippen LogP contribution in [0.2, 0.25) is 0 Å². The minimum atomic E-state index is -0.0921.